The molecule has 0 radical (unpaired) electrons. The molecule has 1 unspecified atom stereocenters. The van der Waals surface area contributed by atoms with Gasteiger partial charge in [0, 0.05) is 24.8 Å². The summed E-state index contributed by atoms with van der Waals surface area (Å²) in [6.45, 7) is 7.97. The lowest BCUT2D eigenvalue weighted by Gasteiger charge is -2.30. The Bertz CT molecular complexity index is 447. The van der Waals surface area contributed by atoms with Gasteiger partial charge in [0.25, 0.3) is 0 Å². The Labute approximate surface area is 120 Å². The summed E-state index contributed by atoms with van der Waals surface area (Å²) in [4.78, 5) is 13.6. The van der Waals surface area contributed by atoms with E-state index in [2.05, 4.69) is 47.7 Å². The predicted octanol–water partition coefficient (Wildman–Crippen LogP) is 1.20. The second-order valence-electron chi connectivity index (χ2n) is 4.96. The third-order valence-corrected chi connectivity index (χ3v) is 3.06. The normalized spacial score (nSPS) is 12.5. The first kappa shape index (κ1) is 15.8. The van der Waals surface area contributed by atoms with Crippen molar-refractivity contribution in [3.8, 4) is 0 Å². The van der Waals surface area contributed by atoms with E-state index in [1.807, 2.05) is 13.0 Å². The predicted molar refractivity (Wildman–Crippen MR) is 83.7 cm³/mol. The Morgan fingerprint density at radius 1 is 1.42 bits per heavy atom. The van der Waals surface area contributed by atoms with Gasteiger partial charge in [0.2, 0.25) is 5.95 Å². The van der Waals surface area contributed by atoms with E-state index in [0.717, 1.165) is 18.8 Å². The summed E-state index contributed by atoms with van der Waals surface area (Å²) in [7, 11) is 4.11. The molecule has 0 fully saturated rings. The Balaban J connectivity index is 3.07. The lowest BCUT2D eigenvalue weighted by Crippen LogP contribution is -2.41. The molecule has 0 aliphatic heterocycles. The summed E-state index contributed by atoms with van der Waals surface area (Å²) in [6, 6.07) is 2.14. The molecule has 1 atom stereocenters. The summed E-state index contributed by atoms with van der Waals surface area (Å²) >= 11 is 5.00. The molecule has 1 rings (SSSR count). The molecule has 0 aliphatic rings. The van der Waals surface area contributed by atoms with Crippen LogP contribution in [0.15, 0.2) is 6.07 Å². The minimum absolute atomic E-state index is 0.308. The molecular weight excluding hydrogens is 258 g/mol. The van der Waals surface area contributed by atoms with Crippen LogP contribution in [-0.4, -0.2) is 53.1 Å². The van der Waals surface area contributed by atoms with Gasteiger partial charge in [0.15, 0.2) is 0 Å². The van der Waals surface area contributed by atoms with Crippen LogP contribution in [0.3, 0.4) is 0 Å². The van der Waals surface area contributed by atoms with Crippen LogP contribution in [0.4, 0.5) is 5.95 Å². The van der Waals surface area contributed by atoms with Crippen molar-refractivity contribution in [1.82, 2.24) is 14.9 Å². The number of likely N-dealkylation sites (N-methyl/N-ethyl adjacent to an activating group) is 2. The third kappa shape index (κ3) is 4.40. The van der Waals surface area contributed by atoms with E-state index >= 15 is 0 Å². The van der Waals surface area contributed by atoms with E-state index in [1.165, 1.54) is 0 Å². The highest BCUT2D eigenvalue weighted by Crippen LogP contribution is 2.14. The van der Waals surface area contributed by atoms with Gasteiger partial charge < -0.3 is 15.5 Å². The molecule has 0 bridgehead atoms. The van der Waals surface area contributed by atoms with Crippen molar-refractivity contribution in [2.45, 2.75) is 26.8 Å². The van der Waals surface area contributed by atoms with E-state index in [0.29, 0.717) is 22.7 Å². The van der Waals surface area contributed by atoms with E-state index in [1.54, 1.807) is 0 Å². The second-order valence-corrected chi connectivity index (χ2v) is 5.40. The largest absolute Gasteiger partial charge is 0.388 e. The molecule has 0 saturated heterocycles. The smallest absolute Gasteiger partial charge is 0.226 e. The molecule has 0 aromatic carbocycles. The van der Waals surface area contributed by atoms with Crippen LogP contribution >= 0.6 is 12.2 Å². The van der Waals surface area contributed by atoms with Gasteiger partial charge in [-0.2, -0.15) is 0 Å². The molecule has 1 aromatic heterocycles. The number of hydrogen-bond acceptors (Lipinski definition) is 5. The van der Waals surface area contributed by atoms with Gasteiger partial charge in [-0.05, 0) is 40.9 Å². The molecule has 1 aromatic rings. The van der Waals surface area contributed by atoms with Crippen molar-refractivity contribution in [2.24, 2.45) is 5.73 Å². The number of rotatable bonds is 6. The van der Waals surface area contributed by atoms with E-state index in [9.17, 15) is 0 Å². The Kier molecular flexibility index (Phi) is 5.62. The van der Waals surface area contributed by atoms with Crippen molar-refractivity contribution in [2.75, 3.05) is 32.1 Å². The molecule has 1 heterocycles. The van der Waals surface area contributed by atoms with Crippen molar-refractivity contribution in [1.29, 1.82) is 0 Å². The van der Waals surface area contributed by atoms with Crippen LogP contribution < -0.4 is 10.6 Å². The van der Waals surface area contributed by atoms with Gasteiger partial charge in [0.05, 0.1) is 0 Å². The zero-order chi connectivity index (χ0) is 14.6. The number of thiocarbonyl (C=S) groups is 1. The highest BCUT2D eigenvalue weighted by molar-refractivity contribution is 7.80. The number of aromatic nitrogens is 2. The maximum Gasteiger partial charge on any atom is 0.226 e. The standard InChI is InChI=1S/C13H23N5S/c1-6-18(10(3)8-17(4)5)13-15-9(2)7-11(16-13)12(14)19/h7,10H,6,8H2,1-5H3,(H2,14,19). The van der Waals surface area contributed by atoms with Crippen molar-refractivity contribution < 1.29 is 0 Å². The Morgan fingerprint density at radius 2 is 2.05 bits per heavy atom. The number of nitrogens with zero attached hydrogens (tertiary/aromatic N) is 4. The molecule has 0 aliphatic carbocycles. The number of hydrogen-bond donors (Lipinski definition) is 1. The minimum atomic E-state index is 0.308. The first-order chi connectivity index (χ1) is 8.85. The summed E-state index contributed by atoms with van der Waals surface area (Å²) in [5.74, 6) is 0.694. The molecule has 5 nitrogen and oxygen atoms in total. The highest BCUT2D eigenvalue weighted by Gasteiger charge is 2.17. The zero-order valence-corrected chi connectivity index (χ0v) is 13.2. The molecular formula is C13H23N5S. The van der Waals surface area contributed by atoms with Gasteiger partial charge in [-0.25, -0.2) is 9.97 Å². The maximum absolute atomic E-state index is 5.66. The lowest BCUT2D eigenvalue weighted by molar-refractivity contribution is 0.371. The van der Waals surface area contributed by atoms with Crippen LogP contribution in [0.1, 0.15) is 25.2 Å². The summed E-state index contributed by atoms with van der Waals surface area (Å²) in [5.41, 5.74) is 7.17. The highest BCUT2D eigenvalue weighted by atomic mass is 32.1. The molecule has 6 heteroatoms. The van der Waals surface area contributed by atoms with Crippen LogP contribution in [0, 0.1) is 6.92 Å². The van der Waals surface area contributed by atoms with E-state index in [4.69, 9.17) is 18.0 Å². The van der Waals surface area contributed by atoms with Crippen molar-refractivity contribution >= 4 is 23.2 Å². The number of nitrogens with two attached hydrogens (primary N) is 1. The van der Waals surface area contributed by atoms with Crippen LogP contribution in [-0.2, 0) is 0 Å². The molecule has 0 spiro atoms. The van der Waals surface area contributed by atoms with Gasteiger partial charge in [-0.15, -0.1) is 0 Å². The maximum atomic E-state index is 5.66. The topological polar surface area (TPSA) is 58.3 Å². The SMILES string of the molecule is CCN(c1nc(C)cc(C(N)=S)n1)C(C)CN(C)C. The first-order valence-corrected chi connectivity index (χ1v) is 6.82. The minimum Gasteiger partial charge on any atom is -0.388 e. The average molecular weight is 281 g/mol. The Morgan fingerprint density at radius 3 is 2.53 bits per heavy atom. The van der Waals surface area contributed by atoms with Gasteiger partial charge in [-0.3, -0.25) is 0 Å². The second kappa shape index (κ2) is 6.77. The van der Waals surface area contributed by atoms with Crippen molar-refractivity contribution in [3.05, 3.63) is 17.5 Å². The molecule has 106 valence electrons. The summed E-state index contributed by atoms with van der Waals surface area (Å²) in [5, 5.41) is 0. The third-order valence-electron chi connectivity index (χ3n) is 2.85. The fourth-order valence-corrected chi connectivity index (χ4v) is 2.19. The van der Waals surface area contributed by atoms with Crippen LogP contribution in [0.25, 0.3) is 0 Å². The Hall–Kier alpha value is -1.27. The average Bonchev–Trinajstić information content (AvgIpc) is 2.27. The lowest BCUT2D eigenvalue weighted by atomic mass is 10.2. The summed E-state index contributed by atoms with van der Waals surface area (Å²) in [6.07, 6.45) is 0. The van der Waals surface area contributed by atoms with Gasteiger partial charge in [0.1, 0.15) is 10.7 Å². The zero-order valence-electron chi connectivity index (χ0n) is 12.3. The monoisotopic (exact) mass is 281 g/mol. The van der Waals surface area contributed by atoms with E-state index < -0.39 is 0 Å². The first-order valence-electron chi connectivity index (χ1n) is 6.42. The number of aryl methyl sites for hydroxylation is 1. The van der Waals surface area contributed by atoms with E-state index in [-0.39, 0.29) is 0 Å². The van der Waals surface area contributed by atoms with Gasteiger partial charge >= 0.3 is 0 Å². The van der Waals surface area contributed by atoms with Crippen LogP contribution in [0.2, 0.25) is 0 Å². The quantitative estimate of drug-likeness (QED) is 0.791. The fraction of sp³-hybridized carbons (Fsp3) is 0.615. The molecule has 19 heavy (non-hydrogen) atoms. The van der Waals surface area contributed by atoms with Crippen LogP contribution in [0.5, 0.6) is 0 Å². The molecule has 2 N–H and O–H groups in total. The van der Waals surface area contributed by atoms with Gasteiger partial charge in [-0.1, -0.05) is 12.2 Å². The molecule has 0 saturated carbocycles. The fourth-order valence-electron chi connectivity index (χ4n) is 2.08. The molecule has 0 amide bonds. The number of anilines is 1. The van der Waals surface area contributed by atoms with Crippen molar-refractivity contribution in [3.63, 3.8) is 0 Å². The summed E-state index contributed by atoms with van der Waals surface area (Å²) < 4.78 is 0.